The van der Waals surface area contributed by atoms with E-state index in [1.165, 1.54) is 5.56 Å². The van der Waals surface area contributed by atoms with Crippen molar-refractivity contribution in [1.29, 1.82) is 0 Å². The van der Waals surface area contributed by atoms with Crippen LogP contribution in [0.2, 0.25) is 0 Å². The van der Waals surface area contributed by atoms with E-state index in [0.29, 0.717) is 12.4 Å². The van der Waals surface area contributed by atoms with Crippen molar-refractivity contribution in [2.75, 3.05) is 0 Å². The molecule has 0 spiro atoms. The van der Waals surface area contributed by atoms with Gasteiger partial charge in [-0.05, 0) is 26.0 Å². The van der Waals surface area contributed by atoms with Gasteiger partial charge in [-0.1, -0.05) is 17.7 Å². The van der Waals surface area contributed by atoms with Crippen LogP contribution in [0.1, 0.15) is 17.2 Å². The zero-order chi connectivity index (χ0) is 10.8. The van der Waals surface area contributed by atoms with Gasteiger partial charge < -0.3 is 5.73 Å². The van der Waals surface area contributed by atoms with E-state index in [4.69, 9.17) is 5.73 Å². The molecule has 0 amide bonds. The highest BCUT2D eigenvalue weighted by Crippen LogP contribution is 2.10. The van der Waals surface area contributed by atoms with E-state index in [0.717, 1.165) is 11.5 Å². The van der Waals surface area contributed by atoms with Gasteiger partial charge in [0.05, 0.1) is 12.2 Å². The Kier molecular flexibility index (Phi) is 2.51. The van der Waals surface area contributed by atoms with Crippen LogP contribution in [0.15, 0.2) is 24.3 Å². The highest BCUT2D eigenvalue weighted by atomic mass is 15.3. The molecule has 1 aromatic heterocycles. The minimum atomic E-state index is 0.375. The standard InChI is InChI=1S/C11H14N4/c1-8-3-5-10(6-4-8)15-9(2)13-11(7-12)14-15/h3-6H,7,12H2,1-2H3. The first-order valence-electron chi connectivity index (χ1n) is 4.90. The van der Waals surface area contributed by atoms with Gasteiger partial charge in [-0.3, -0.25) is 0 Å². The van der Waals surface area contributed by atoms with Gasteiger partial charge in [0.2, 0.25) is 0 Å². The molecule has 4 nitrogen and oxygen atoms in total. The van der Waals surface area contributed by atoms with Gasteiger partial charge in [-0.2, -0.15) is 0 Å². The molecule has 0 unspecified atom stereocenters. The Hall–Kier alpha value is -1.68. The van der Waals surface area contributed by atoms with Crippen LogP contribution in [0.25, 0.3) is 5.69 Å². The molecule has 0 saturated heterocycles. The minimum Gasteiger partial charge on any atom is -0.324 e. The van der Waals surface area contributed by atoms with Crippen LogP contribution >= 0.6 is 0 Å². The molecule has 0 fully saturated rings. The van der Waals surface area contributed by atoms with Crippen LogP contribution < -0.4 is 5.73 Å². The number of benzene rings is 1. The van der Waals surface area contributed by atoms with E-state index in [-0.39, 0.29) is 0 Å². The van der Waals surface area contributed by atoms with Crippen LogP contribution in [0.5, 0.6) is 0 Å². The monoisotopic (exact) mass is 202 g/mol. The van der Waals surface area contributed by atoms with E-state index in [2.05, 4.69) is 29.1 Å². The van der Waals surface area contributed by atoms with Crippen molar-refractivity contribution >= 4 is 0 Å². The third-order valence-corrected chi connectivity index (χ3v) is 2.27. The number of hydrogen-bond acceptors (Lipinski definition) is 3. The van der Waals surface area contributed by atoms with Gasteiger partial charge in [-0.15, -0.1) is 5.10 Å². The van der Waals surface area contributed by atoms with Crippen LogP contribution in [-0.2, 0) is 6.54 Å². The second-order valence-electron chi connectivity index (χ2n) is 3.53. The number of aromatic nitrogens is 3. The average Bonchev–Trinajstić information content (AvgIpc) is 2.61. The molecular weight excluding hydrogens is 188 g/mol. The third-order valence-electron chi connectivity index (χ3n) is 2.27. The average molecular weight is 202 g/mol. The van der Waals surface area contributed by atoms with Crippen molar-refractivity contribution in [1.82, 2.24) is 14.8 Å². The Morgan fingerprint density at radius 1 is 1.20 bits per heavy atom. The van der Waals surface area contributed by atoms with Gasteiger partial charge in [0.25, 0.3) is 0 Å². The fraction of sp³-hybridized carbons (Fsp3) is 0.273. The van der Waals surface area contributed by atoms with Crippen molar-refractivity contribution in [3.8, 4) is 5.69 Å². The highest BCUT2D eigenvalue weighted by Gasteiger charge is 2.05. The normalized spacial score (nSPS) is 10.6. The Morgan fingerprint density at radius 3 is 2.40 bits per heavy atom. The van der Waals surface area contributed by atoms with Crippen LogP contribution in [0.3, 0.4) is 0 Å². The number of hydrogen-bond donors (Lipinski definition) is 1. The number of aryl methyl sites for hydroxylation is 2. The van der Waals surface area contributed by atoms with Gasteiger partial charge in [0, 0.05) is 0 Å². The van der Waals surface area contributed by atoms with Crippen LogP contribution in [0, 0.1) is 13.8 Å². The van der Waals surface area contributed by atoms with E-state index in [1.54, 1.807) is 0 Å². The third kappa shape index (κ3) is 1.89. The molecule has 0 atom stereocenters. The summed E-state index contributed by atoms with van der Waals surface area (Å²) in [7, 11) is 0. The van der Waals surface area contributed by atoms with Crippen molar-refractivity contribution < 1.29 is 0 Å². The molecular formula is C11H14N4. The lowest BCUT2D eigenvalue weighted by Gasteiger charge is -2.02. The number of nitrogens with zero attached hydrogens (tertiary/aromatic N) is 3. The predicted octanol–water partition coefficient (Wildman–Crippen LogP) is 1.34. The SMILES string of the molecule is Cc1ccc(-n2nc(CN)nc2C)cc1. The molecule has 2 aromatic rings. The molecule has 0 radical (unpaired) electrons. The molecule has 0 bridgehead atoms. The van der Waals surface area contributed by atoms with Crippen molar-refractivity contribution in [3.05, 3.63) is 41.5 Å². The van der Waals surface area contributed by atoms with E-state index in [1.807, 2.05) is 23.7 Å². The van der Waals surface area contributed by atoms with Gasteiger partial charge in [0.15, 0.2) is 5.82 Å². The molecule has 2 rings (SSSR count). The summed E-state index contributed by atoms with van der Waals surface area (Å²) in [5.74, 6) is 1.53. The maximum absolute atomic E-state index is 5.50. The second kappa shape index (κ2) is 3.82. The second-order valence-corrected chi connectivity index (χ2v) is 3.53. The molecule has 0 aliphatic rings. The lowest BCUT2D eigenvalue weighted by Crippen LogP contribution is -2.01. The lowest BCUT2D eigenvalue weighted by molar-refractivity contribution is 0.812. The van der Waals surface area contributed by atoms with Crippen molar-refractivity contribution in [3.63, 3.8) is 0 Å². The summed E-state index contributed by atoms with van der Waals surface area (Å²) in [4.78, 5) is 4.25. The first-order valence-corrected chi connectivity index (χ1v) is 4.90. The lowest BCUT2D eigenvalue weighted by atomic mass is 10.2. The Bertz CT molecular complexity index is 456. The molecule has 15 heavy (non-hydrogen) atoms. The maximum atomic E-state index is 5.50. The summed E-state index contributed by atoms with van der Waals surface area (Å²) in [5, 5.41) is 4.31. The maximum Gasteiger partial charge on any atom is 0.164 e. The Labute approximate surface area is 88.8 Å². The zero-order valence-electron chi connectivity index (χ0n) is 8.94. The highest BCUT2D eigenvalue weighted by molar-refractivity contribution is 5.34. The van der Waals surface area contributed by atoms with Crippen molar-refractivity contribution in [2.45, 2.75) is 20.4 Å². The molecule has 78 valence electrons. The quantitative estimate of drug-likeness (QED) is 0.799. The first-order chi connectivity index (χ1) is 7.20. The van der Waals surface area contributed by atoms with Gasteiger partial charge in [-0.25, -0.2) is 9.67 Å². The molecule has 1 heterocycles. The van der Waals surface area contributed by atoms with E-state index >= 15 is 0 Å². The first kappa shape index (κ1) is 9.86. The topological polar surface area (TPSA) is 56.7 Å². The molecule has 4 heteroatoms. The van der Waals surface area contributed by atoms with Gasteiger partial charge >= 0.3 is 0 Å². The smallest absolute Gasteiger partial charge is 0.164 e. The minimum absolute atomic E-state index is 0.375. The Morgan fingerprint density at radius 2 is 1.87 bits per heavy atom. The van der Waals surface area contributed by atoms with E-state index < -0.39 is 0 Å². The summed E-state index contributed by atoms with van der Waals surface area (Å²) >= 11 is 0. The Balaban J connectivity index is 2.44. The summed E-state index contributed by atoms with van der Waals surface area (Å²) in [6, 6.07) is 8.16. The van der Waals surface area contributed by atoms with Crippen LogP contribution in [-0.4, -0.2) is 14.8 Å². The molecule has 0 saturated carbocycles. The van der Waals surface area contributed by atoms with Gasteiger partial charge in [0.1, 0.15) is 5.82 Å². The summed E-state index contributed by atoms with van der Waals surface area (Å²) < 4.78 is 1.81. The molecule has 0 aliphatic heterocycles. The number of nitrogens with two attached hydrogens (primary N) is 1. The number of rotatable bonds is 2. The molecule has 2 N–H and O–H groups in total. The summed E-state index contributed by atoms with van der Waals surface area (Å²) in [6.45, 7) is 4.36. The summed E-state index contributed by atoms with van der Waals surface area (Å²) in [5.41, 5.74) is 7.75. The predicted molar refractivity (Wildman–Crippen MR) is 58.7 cm³/mol. The van der Waals surface area contributed by atoms with Crippen molar-refractivity contribution in [2.24, 2.45) is 5.73 Å². The zero-order valence-corrected chi connectivity index (χ0v) is 8.94. The largest absolute Gasteiger partial charge is 0.324 e. The van der Waals surface area contributed by atoms with E-state index in [9.17, 15) is 0 Å². The van der Waals surface area contributed by atoms with Crippen LogP contribution in [0.4, 0.5) is 0 Å². The molecule has 1 aromatic carbocycles. The summed E-state index contributed by atoms with van der Waals surface area (Å²) in [6.07, 6.45) is 0. The fourth-order valence-corrected chi connectivity index (χ4v) is 1.46. The fourth-order valence-electron chi connectivity index (χ4n) is 1.46. The molecule has 0 aliphatic carbocycles.